The molecule has 1 fully saturated rings. The quantitative estimate of drug-likeness (QED) is 0.631. The monoisotopic (exact) mass is 332 g/mol. The van der Waals surface area contributed by atoms with Crippen LogP contribution in [0, 0.1) is 17.7 Å². The van der Waals surface area contributed by atoms with Gasteiger partial charge in [-0.15, -0.1) is 0 Å². The Morgan fingerprint density at radius 2 is 2.17 bits per heavy atom. The van der Waals surface area contributed by atoms with Crippen LogP contribution < -0.4 is 0 Å². The molecule has 0 spiro atoms. The van der Waals surface area contributed by atoms with Gasteiger partial charge in [0.05, 0.1) is 5.02 Å². The van der Waals surface area contributed by atoms with E-state index in [1.807, 2.05) is 12.1 Å². The zero-order valence-electron chi connectivity index (χ0n) is 10.6. The van der Waals surface area contributed by atoms with Crippen molar-refractivity contribution in [2.45, 2.75) is 43.9 Å². The van der Waals surface area contributed by atoms with Crippen LogP contribution in [0.25, 0.3) is 0 Å². The Balaban J connectivity index is 2.09. The third-order valence-corrected chi connectivity index (χ3v) is 5.59. The molecule has 0 radical (unpaired) electrons. The van der Waals surface area contributed by atoms with Gasteiger partial charge in [-0.2, -0.15) is 0 Å². The maximum Gasteiger partial charge on any atom is 0.144 e. The molecule has 1 saturated carbocycles. The van der Waals surface area contributed by atoms with Gasteiger partial charge in [0, 0.05) is 4.83 Å². The summed E-state index contributed by atoms with van der Waals surface area (Å²) in [7, 11) is 0. The fourth-order valence-electron chi connectivity index (χ4n) is 2.89. The van der Waals surface area contributed by atoms with Crippen LogP contribution in [0.4, 0.5) is 4.39 Å². The number of benzene rings is 1. The first kappa shape index (κ1) is 14.3. The number of rotatable bonds is 3. The molecule has 0 bridgehead atoms. The van der Waals surface area contributed by atoms with E-state index < -0.39 is 0 Å². The SMILES string of the molecule is CCC1CCC(Br)C(Cc2cccc(Cl)c2F)C1. The minimum atomic E-state index is -0.238. The summed E-state index contributed by atoms with van der Waals surface area (Å²) in [6.07, 6.45) is 5.71. The van der Waals surface area contributed by atoms with Crippen LogP contribution in [-0.2, 0) is 6.42 Å². The molecule has 2 rings (SSSR count). The first-order valence-corrected chi connectivity index (χ1v) is 7.98. The Hall–Kier alpha value is -0.0800. The van der Waals surface area contributed by atoms with Gasteiger partial charge in [0.1, 0.15) is 5.82 Å². The van der Waals surface area contributed by atoms with Crippen molar-refractivity contribution in [1.29, 1.82) is 0 Å². The molecule has 0 aromatic heterocycles. The molecule has 1 aromatic rings. The second-order valence-corrected chi connectivity index (χ2v) is 6.86. The maximum absolute atomic E-state index is 13.9. The molecule has 0 nitrogen and oxygen atoms in total. The Labute approximate surface area is 122 Å². The molecule has 0 heterocycles. The van der Waals surface area contributed by atoms with Crippen molar-refractivity contribution in [3.05, 3.63) is 34.6 Å². The highest BCUT2D eigenvalue weighted by Crippen LogP contribution is 2.37. The van der Waals surface area contributed by atoms with Crippen LogP contribution in [-0.4, -0.2) is 4.83 Å². The van der Waals surface area contributed by atoms with Crippen LogP contribution in [0.2, 0.25) is 5.02 Å². The van der Waals surface area contributed by atoms with Gasteiger partial charge in [0.25, 0.3) is 0 Å². The molecule has 0 aliphatic heterocycles. The molecule has 3 heteroatoms. The van der Waals surface area contributed by atoms with E-state index in [0.29, 0.717) is 10.7 Å². The van der Waals surface area contributed by atoms with E-state index in [1.165, 1.54) is 25.7 Å². The largest absolute Gasteiger partial charge is 0.205 e. The van der Waals surface area contributed by atoms with Crippen molar-refractivity contribution in [1.82, 2.24) is 0 Å². The van der Waals surface area contributed by atoms with Gasteiger partial charge in [-0.1, -0.05) is 53.0 Å². The molecular formula is C15H19BrClF. The lowest BCUT2D eigenvalue weighted by molar-refractivity contribution is 0.269. The van der Waals surface area contributed by atoms with Gasteiger partial charge in [-0.3, -0.25) is 0 Å². The minimum absolute atomic E-state index is 0.237. The van der Waals surface area contributed by atoms with Crippen molar-refractivity contribution in [3.8, 4) is 0 Å². The van der Waals surface area contributed by atoms with Crippen molar-refractivity contribution < 1.29 is 4.39 Å². The maximum atomic E-state index is 13.9. The first-order chi connectivity index (χ1) is 8.61. The molecule has 1 aliphatic carbocycles. The average molecular weight is 334 g/mol. The molecular weight excluding hydrogens is 315 g/mol. The van der Waals surface area contributed by atoms with Crippen molar-refractivity contribution >= 4 is 27.5 Å². The van der Waals surface area contributed by atoms with Crippen molar-refractivity contribution in [2.75, 3.05) is 0 Å². The van der Waals surface area contributed by atoms with E-state index >= 15 is 0 Å². The van der Waals surface area contributed by atoms with Crippen LogP contribution in [0.1, 0.15) is 38.2 Å². The molecule has 3 unspecified atom stereocenters. The smallest absolute Gasteiger partial charge is 0.144 e. The summed E-state index contributed by atoms with van der Waals surface area (Å²) >= 11 is 9.59. The first-order valence-electron chi connectivity index (χ1n) is 6.68. The van der Waals surface area contributed by atoms with E-state index in [4.69, 9.17) is 11.6 Å². The van der Waals surface area contributed by atoms with Gasteiger partial charge >= 0.3 is 0 Å². The van der Waals surface area contributed by atoms with Gasteiger partial charge < -0.3 is 0 Å². The lowest BCUT2D eigenvalue weighted by Crippen LogP contribution is -2.26. The molecule has 3 atom stereocenters. The average Bonchev–Trinajstić information content (AvgIpc) is 2.37. The highest BCUT2D eigenvalue weighted by atomic mass is 79.9. The molecule has 100 valence electrons. The second-order valence-electron chi connectivity index (χ2n) is 5.28. The van der Waals surface area contributed by atoms with E-state index in [0.717, 1.165) is 17.9 Å². The van der Waals surface area contributed by atoms with E-state index in [1.54, 1.807) is 6.07 Å². The number of halogens is 3. The second kappa shape index (κ2) is 6.38. The Morgan fingerprint density at radius 3 is 2.89 bits per heavy atom. The van der Waals surface area contributed by atoms with Gasteiger partial charge in [0.2, 0.25) is 0 Å². The molecule has 1 aromatic carbocycles. The molecule has 1 aliphatic rings. The normalized spacial score (nSPS) is 28.3. The zero-order chi connectivity index (χ0) is 13.1. The number of hydrogen-bond acceptors (Lipinski definition) is 0. The summed E-state index contributed by atoms with van der Waals surface area (Å²) < 4.78 is 13.9. The van der Waals surface area contributed by atoms with E-state index in [2.05, 4.69) is 22.9 Å². The topological polar surface area (TPSA) is 0 Å². The predicted molar refractivity (Wildman–Crippen MR) is 79.0 cm³/mol. The van der Waals surface area contributed by atoms with Gasteiger partial charge in [-0.05, 0) is 49.1 Å². The summed E-state index contributed by atoms with van der Waals surface area (Å²) in [5, 5.41) is 0.237. The lowest BCUT2D eigenvalue weighted by atomic mass is 9.77. The van der Waals surface area contributed by atoms with Crippen LogP contribution >= 0.6 is 27.5 Å². The number of hydrogen-bond donors (Lipinski definition) is 0. The third kappa shape index (κ3) is 3.27. The summed E-state index contributed by atoms with van der Waals surface area (Å²) in [6, 6.07) is 5.31. The predicted octanol–water partition coefficient (Wildman–Crippen LogP) is 5.61. The van der Waals surface area contributed by atoms with Crippen LogP contribution in [0.15, 0.2) is 18.2 Å². The standard InChI is InChI=1S/C15H19BrClF/c1-2-10-6-7-13(16)12(8-10)9-11-4-3-5-14(17)15(11)18/h3-5,10,12-13H,2,6-9H2,1H3. The highest BCUT2D eigenvalue weighted by molar-refractivity contribution is 9.09. The summed E-state index contributed by atoms with van der Waals surface area (Å²) in [6.45, 7) is 2.25. The highest BCUT2D eigenvalue weighted by Gasteiger charge is 2.28. The molecule has 0 N–H and O–H groups in total. The van der Waals surface area contributed by atoms with Crippen molar-refractivity contribution in [3.63, 3.8) is 0 Å². The van der Waals surface area contributed by atoms with Gasteiger partial charge in [0.15, 0.2) is 0 Å². The van der Waals surface area contributed by atoms with E-state index in [-0.39, 0.29) is 10.8 Å². The lowest BCUT2D eigenvalue weighted by Gasteiger charge is -2.33. The Kier molecular flexibility index (Phi) is 5.08. The fourth-order valence-corrected chi connectivity index (χ4v) is 3.76. The minimum Gasteiger partial charge on any atom is -0.205 e. The Bertz CT molecular complexity index is 407. The van der Waals surface area contributed by atoms with Crippen LogP contribution in [0.3, 0.4) is 0 Å². The molecule has 0 saturated heterocycles. The van der Waals surface area contributed by atoms with E-state index in [9.17, 15) is 4.39 Å². The summed E-state index contributed by atoms with van der Waals surface area (Å²) in [5.41, 5.74) is 0.758. The van der Waals surface area contributed by atoms with Crippen molar-refractivity contribution in [2.24, 2.45) is 11.8 Å². The number of alkyl halides is 1. The third-order valence-electron chi connectivity index (χ3n) is 4.09. The summed E-state index contributed by atoms with van der Waals surface area (Å²) in [5.74, 6) is 1.08. The fraction of sp³-hybridized carbons (Fsp3) is 0.600. The molecule has 18 heavy (non-hydrogen) atoms. The Morgan fingerprint density at radius 1 is 1.39 bits per heavy atom. The summed E-state index contributed by atoms with van der Waals surface area (Å²) in [4.78, 5) is 0.513. The molecule has 0 amide bonds. The van der Waals surface area contributed by atoms with Crippen LogP contribution in [0.5, 0.6) is 0 Å². The zero-order valence-corrected chi connectivity index (χ0v) is 13.0. The van der Waals surface area contributed by atoms with Gasteiger partial charge in [-0.25, -0.2) is 4.39 Å².